The lowest BCUT2D eigenvalue weighted by Gasteiger charge is -2.29. The summed E-state index contributed by atoms with van der Waals surface area (Å²) in [5.74, 6) is 0. The molecule has 2 rings (SSSR count). The smallest absolute Gasteiger partial charge is 0.140 e. The van der Waals surface area contributed by atoms with Gasteiger partial charge in [0.1, 0.15) is 9.93 Å². The number of hydrogen-bond acceptors (Lipinski definition) is 1. The van der Waals surface area contributed by atoms with Crippen LogP contribution in [0.25, 0.3) is 0 Å². The zero-order chi connectivity index (χ0) is 12.5. The summed E-state index contributed by atoms with van der Waals surface area (Å²) in [6, 6.07) is 9.54. The van der Waals surface area contributed by atoms with Gasteiger partial charge in [-0.1, -0.05) is 65.7 Å². The summed E-state index contributed by atoms with van der Waals surface area (Å²) in [5.41, 5.74) is 0.662. The van der Waals surface area contributed by atoms with E-state index in [4.69, 9.17) is 23.2 Å². The molecule has 1 N–H and O–H groups in total. The Hall–Kier alpha value is -0.760. The van der Waals surface area contributed by atoms with E-state index in [0.717, 1.165) is 11.1 Å². The lowest BCUT2D eigenvalue weighted by Crippen LogP contribution is -2.25. The molecular weight excluding hydrogens is 255 g/mol. The minimum Gasteiger partial charge on any atom is -0.381 e. The highest BCUT2D eigenvalue weighted by Crippen LogP contribution is 2.38. The van der Waals surface area contributed by atoms with Crippen molar-refractivity contribution >= 4 is 23.2 Å². The van der Waals surface area contributed by atoms with Crippen LogP contribution in [0.3, 0.4) is 0 Å². The fourth-order valence-electron chi connectivity index (χ4n) is 1.88. The van der Waals surface area contributed by atoms with Crippen LogP contribution in [0.15, 0.2) is 54.1 Å². The monoisotopic (exact) mass is 268 g/mol. The number of rotatable bonds is 2. The molecule has 0 saturated carbocycles. The normalized spacial score (nSPS) is 21.8. The van der Waals surface area contributed by atoms with Gasteiger partial charge in [-0.05, 0) is 24.1 Å². The van der Waals surface area contributed by atoms with E-state index in [0.29, 0.717) is 6.42 Å². The molecule has 1 aliphatic rings. The predicted molar refractivity (Wildman–Crippen MR) is 72.3 cm³/mol. The van der Waals surface area contributed by atoms with E-state index in [1.54, 1.807) is 19.1 Å². The number of halogens is 2. The van der Waals surface area contributed by atoms with E-state index < -0.39 is 9.93 Å². The van der Waals surface area contributed by atoms with Gasteiger partial charge in [-0.3, -0.25) is 0 Å². The molecule has 0 bridgehead atoms. The van der Waals surface area contributed by atoms with Crippen molar-refractivity contribution in [2.45, 2.75) is 23.3 Å². The zero-order valence-corrected chi connectivity index (χ0v) is 11.0. The summed E-state index contributed by atoms with van der Waals surface area (Å²) in [4.78, 5) is 0. The van der Waals surface area contributed by atoms with Crippen molar-refractivity contribution < 1.29 is 5.11 Å². The van der Waals surface area contributed by atoms with Crippen LogP contribution < -0.4 is 0 Å². The summed E-state index contributed by atoms with van der Waals surface area (Å²) in [6.45, 7) is 1.77. The maximum absolute atomic E-state index is 10.6. The fourth-order valence-corrected chi connectivity index (χ4v) is 2.16. The van der Waals surface area contributed by atoms with Crippen molar-refractivity contribution in [3.05, 3.63) is 59.7 Å². The van der Waals surface area contributed by atoms with Gasteiger partial charge >= 0.3 is 0 Å². The minimum atomic E-state index is -1.01. The van der Waals surface area contributed by atoms with Crippen LogP contribution in [0.2, 0.25) is 0 Å². The third-order valence-electron chi connectivity index (χ3n) is 3.00. The lowest BCUT2D eigenvalue weighted by atomic mass is 9.85. The summed E-state index contributed by atoms with van der Waals surface area (Å²) in [5, 5.41) is 10.6. The zero-order valence-electron chi connectivity index (χ0n) is 9.53. The van der Waals surface area contributed by atoms with Crippen LogP contribution in [-0.2, 0) is 5.60 Å². The molecule has 0 aromatic heterocycles. The number of benzene rings is 1. The van der Waals surface area contributed by atoms with Crippen molar-refractivity contribution in [3.63, 3.8) is 0 Å². The second-order valence-corrected chi connectivity index (χ2v) is 5.94. The summed E-state index contributed by atoms with van der Waals surface area (Å²) >= 11 is 12.0. The van der Waals surface area contributed by atoms with Gasteiger partial charge in [0, 0.05) is 6.42 Å². The van der Waals surface area contributed by atoms with Crippen LogP contribution >= 0.6 is 23.2 Å². The molecule has 90 valence electrons. The molecule has 3 heteroatoms. The van der Waals surface area contributed by atoms with Gasteiger partial charge in [0.15, 0.2) is 0 Å². The van der Waals surface area contributed by atoms with E-state index in [-0.39, 0.29) is 0 Å². The molecule has 1 aromatic rings. The Bertz CT molecular complexity index is 458. The van der Waals surface area contributed by atoms with Crippen molar-refractivity contribution in [3.8, 4) is 0 Å². The summed E-state index contributed by atoms with van der Waals surface area (Å²) in [7, 11) is 0. The van der Waals surface area contributed by atoms with Crippen LogP contribution in [0.1, 0.15) is 18.9 Å². The first kappa shape index (κ1) is 12.7. The van der Waals surface area contributed by atoms with E-state index >= 15 is 0 Å². The van der Waals surface area contributed by atoms with Gasteiger partial charge in [0.05, 0.1) is 0 Å². The highest BCUT2D eigenvalue weighted by molar-refractivity contribution is 6.50. The van der Waals surface area contributed by atoms with Crippen molar-refractivity contribution in [2.24, 2.45) is 0 Å². The highest BCUT2D eigenvalue weighted by atomic mass is 35.5. The van der Waals surface area contributed by atoms with E-state index in [9.17, 15) is 5.11 Å². The van der Waals surface area contributed by atoms with Crippen LogP contribution in [0.4, 0.5) is 0 Å². The standard InChI is InChI=1S/C14H14Cl2O/c1-13(17,11-5-3-2-4-6-11)12-7-9-14(15,16)10-8-12/h2-9,17H,10H2,1H3. The van der Waals surface area contributed by atoms with Crippen molar-refractivity contribution in [1.82, 2.24) is 0 Å². The Morgan fingerprint density at radius 2 is 1.88 bits per heavy atom. The van der Waals surface area contributed by atoms with Crippen molar-refractivity contribution in [2.75, 3.05) is 0 Å². The molecule has 0 spiro atoms. The molecule has 1 aliphatic carbocycles. The molecular formula is C14H14Cl2O. The largest absolute Gasteiger partial charge is 0.381 e. The van der Waals surface area contributed by atoms with Crippen LogP contribution in [0.5, 0.6) is 0 Å². The Labute approximate surface area is 111 Å². The number of alkyl halides is 2. The third kappa shape index (κ3) is 2.74. The fraction of sp³-hybridized carbons (Fsp3) is 0.286. The average molecular weight is 269 g/mol. The molecule has 1 unspecified atom stereocenters. The molecule has 0 radical (unpaired) electrons. The molecule has 1 atom stereocenters. The van der Waals surface area contributed by atoms with Gasteiger partial charge < -0.3 is 5.11 Å². The molecule has 0 saturated heterocycles. The minimum absolute atomic E-state index is 0.505. The SMILES string of the molecule is CC(O)(C1=CCC(Cl)(Cl)C=C1)c1ccccc1. The van der Waals surface area contributed by atoms with Gasteiger partial charge in [0.25, 0.3) is 0 Å². The first-order valence-corrected chi connectivity index (χ1v) is 6.23. The molecule has 0 fully saturated rings. The second kappa shape index (κ2) is 4.49. The van der Waals surface area contributed by atoms with Gasteiger partial charge in [0.2, 0.25) is 0 Å². The van der Waals surface area contributed by atoms with Gasteiger partial charge in [-0.15, -0.1) is 0 Å². The van der Waals surface area contributed by atoms with Crippen LogP contribution in [-0.4, -0.2) is 9.44 Å². The summed E-state index contributed by atoms with van der Waals surface area (Å²) in [6.07, 6.45) is 5.89. The molecule has 1 nitrogen and oxygen atoms in total. The quantitative estimate of drug-likeness (QED) is 0.806. The summed E-state index contributed by atoms with van der Waals surface area (Å²) < 4.78 is -0.851. The lowest BCUT2D eigenvalue weighted by molar-refractivity contribution is 0.101. The van der Waals surface area contributed by atoms with E-state index in [1.807, 2.05) is 36.4 Å². The number of hydrogen-bond donors (Lipinski definition) is 1. The molecule has 0 heterocycles. The Morgan fingerprint density at radius 1 is 1.24 bits per heavy atom. The van der Waals surface area contributed by atoms with Gasteiger partial charge in [-0.25, -0.2) is 0 Å². The molecule has 0 aliphatic heterocycles. The maximum atomic E-state index is 10.6. The second-order valence-electron chi connectivity index (χ2n) is 4.40. The van der Waals surface area contributed by atoms with E-state index in [2.05, 4.69) is 0 Å². The first-order valence-electron chi connectivity index (χ1n) is 5.47. The van der Waals surface area contributed by atoms with Crippen LogP contribution in [0, 0.1) is 0 Å². The Morgan fingerprint density at radius 3 is 2.41 bits per heavy atom. The Kier molecular flexibility index (Phi) is 3.35. The molecule has 1 aromatic carbocycles. The topological polar surface area (TPSA) is 20.2 Å². The maximum Gasteiger partial charge on any atom is 0.140 e. The Balaban J connectivity index is 2.30. The third-order valence-corrected chi connectivity index (χ3v) is 3.56. The number of aliphatic hydroxyl groups is 1. The molecule has 0 amide bonds. The predicted octanol–water partition coefficient (Wildman–Crippen LogP) is 3.95. The van der Waals surface area contributed by atoms with Crippen molar-refractivity contribution in [1.29, 1.82) is 0 Å². The van der Waals surface area contributed by atoms with Gasteiger partial charge in [-0.2, -0.15) is 0 Å². The molecule has 17 heavy (non-hydrogen) atoms. The first-order chi connectivity index (χ1) is 7.92. The number of allylic oxidation sites excluding steroid dienone is 2. The highest BCUT2D eigenvalue weighted by Gasteiger charge is 2.31. The van der Waals surface area contributed by atoms with E-state index in [1.165, 1.54) is 0 Å². The average Bonchev–Trinajstić information content (AvgIpc) is 2.29.